The summed E-state index contributed by atoms with van der Waals surface area (Å²) in [6.07, 6.45) is 2.54. The maximum Gasteiger partial charge on any atom is 0.271 e. The quantitative estimate of drug-likeness (QED) is 0.438. The lowest BCUT2D eigenvalue weighted by molar-refractivity contribution is 0.556. The van der Waals surface area contributed by atoms with E-state index in [0.717, 1.165) is 40.1 Å². The first-order chi connectivity index (χ1) is 12.6. The maximum atomic E-state index is 5.92. The average molecular weight is 366 g/mol. The Bertz CT molecular complexity index is 1180. The Morgan fingerprint density at radius 2 is 2.12 bits per heavy atom. The fourth-order valence-electron chi connectivity index (χ4n) is 2.99. The van der Waals surface area contributed by atoms with E-state index in [9.17, 15) is 0 Å². The van der Waals surface area contributed by atoms with Gasteiger partial charge in [-0.2, -0.15) is 14.9 Å². The van der Waals surface area contributed by atoms with Gasteiger partial charge in [0.25, 0.3) is 5.95 Å². The predicted molar refractivity (Wildman–Crippen MR) is 103 cm³/mol. The smallest absolute Gasteiger partial charge is 0.271 e. The lowest BCUT2D eigenvalue weighted by Gasteiger charge is -2.02. The van der Waals surface area contributed by atoms with Crippen molar-refractivity contribution in [3.8, 4) is 5.95 Å². The minimum Gasteiger partial charge on any atom is -0.460 e. The van der Waals surface area contributed by atoms with Gasteiger partial charge in [-0.1, -0.05) is 25.1 Å². The number of hydrogen-bond acceptors (Lipinski definition) is 5. The summed E-state index contributed by atoms with van der Waals surface area (Å²) in [6.45, 7) is 5.95. The Kier molecular flexibility index (Phi) is 4.04. The summed E-state index contributed by atoms with van der Waals surface area (Å²) in [5.74, 6) is 1.40. The zero-order valence-corrected chi connectivity index (χ0v) is 15.5. The van der Waals surface area contributed by atoms with Crippen LogP contribution in [0, 0.1) is 18.6 Å². The topological polar surface area (TPSA) is 76.9 Å². The molecule has 0 aliphatic rings. The van der Waals surface area contributed by atoms with Crippen molar-refractivity contribution < 1.29 is 4.42 Å². The number of rotatable bonds is 4. The Hall–Kier alpha value is -3.00. The van der Waals surface area contributed by atoms with Gasteiger partial charge in [-0.3, -0.25) is 0 Å². The molecule has 0 bridgehead atoms. The van der Waals surface area contributed by atoms with E-state index in [2.05, 4.69) is 27.3 Å². The number of nitrogens with one attached hydrogen (secondary N) is 1. The van der Waals surface area contributed by atoms with Gasteiger partial charge >= 0.3 is 0 Å². The molecule has 1 aromatic carbocycles. The van der Waals surface area contributed by atoms with Crippen molar-refractivity contribution in [2.24, 2.45) is 5.10 Å². The van der Waals surface area contributed by atoms with Gasteiger partial charge in [0.15, 0.2) is 0 Å². The van der Waals surface area contributed by atoms with Crippen LogP contribution in [0.1, 0.15) is 29.6 Å². The second-order valence-corrected chi connectivity index (χ2v) is 6.40. The zero-order chi connectivity index (χ0) is 18.3. The fraction of sp³-hybridized carbons (Fsp3) is 0.222. The largest absolute Gasteiger partial charge is 0.460 e. The summed E-state index contributed by atoms with van der Waals surface area (Å²) in [4.78, 5) is 0. The van der Waals surface area contributed by atoms with E-state index in [4.69, 9.17) is 16.6 Å². The van der Waals surface area contributed by atoms with Gasteiger partial charge in [0.2, 0.25) is 4.77 Å². The molecule has 0 aliphatic heterocycles. The van der Waals surface area contributed by atoms with E-state index in [-0.39, 0.29) is 0 Å². The molecule has 0 radical (unpaired) electrons. The lowest BCUT2D eigenvalue weighted by atomic mass is 10.1. The Morgan fingerprint density at radius 3 is 2.85 bits per heavy atom. The molecule has 4 aromatic rings. The highest BCUT2D eigenvalue weighted by molar-refractivity contribution is 7.71. The van der Waals surface area contributed by atoms with Gasteiger partial charge in [0, 0.05) is 23.1 Å². The molecule has 0 spiro atoms. The van der Waals surface area contributed by atoms with E-state index in [0.29, 0.717) is 10.7 Å². The molecular formula is C18H18N6OS. The van der Waals surface area contributed by atoms with E-state index < -0.39 is 0 Å². The molecular weight excluding hydrogens is 348 g/mol. The minimum atomic E-state index is 0.398. The van der Waals surface area contributed by atoms with Crippen LogP contribution in [-0.4, -0.2) is 30.9 Å². The summed E-state index contributed by atoms with van der Waals surface area (Å²) in [6, 6.07) is 9.90. The van der Waals surface area contributed by atoms with Crippen molar-refractivity contribution in [1.82, 2.24) is 24.7 Å². The summed E-state index contributed by atoms with van der Waals surface area (Å²) < 4.78 is 9.60. The molecule has 0 atom stereocenters. The van der Waals surface area contributed by atoms with Crippen LogP contribution in [0.25, 0.3) is 16.9 Å². The highest BCUT2D eigenvalue weighted by Gasteiger charge is 2.14. The standard InChI is InChI=1S/C18H18N6OS/c1-4-15-14(13-7-5-6-8-16(13)25-15)10-19-24-17(20-21-18(24)26)23-12(3)9-11(2)22-23/h5-10H,4H2,1-3H3,(H,21,26)/b19-10-. The molecule has 132 valence electrons. The van der Waals surface area contributed by atoms with Gasteiger partial charge in [0.1, 0.15) is 11.3 Å². The van der Waals surface area contributed by atoms with Crippen molar-refractivity contribution in [1.29, 1.82) is 0 Å². The van der Waals surface area contributed by atoms with Crippen molar-refractivity contribution in [2.75, 3.05) is 0 Å². The van der Waals surface area contributed by atoms with Crippen LogP contribution in [-0.2, 0) is 6.42 Å². The third kappa shape index (κ3) is 2.68. The molecule has 3 aromatic heterocycles. The molecule has 1 N–H and O–H groups in total. The molecule has 3 heterocycles. The fourth-order valence-corrected chi connectivity index (χ4v) is 3.17. The number of aryl methyl sites for hydroxylation is 3. The van der Waals surface area contributed by atoms with E-state index in [1.54, 1.807) is 15.6 Å². The van der Waals surface area contributed by atoms with Crippen LogP contribution < -0.4 is 0 Å². The summed E-state index contributed by atoms with van der Waals surface area (Å²) in [5.41, 5.74) is 3.66. The number of aromatic amines is 1. The molecule has 0 aliphatic carbocycles. The molecule has 0 saturated carbocycles. The second kappa shape index (κ2) is 6.38. The maximum absolute atomic E-state index is 5.92. The Labute approximate surface area is 155 Å². The summed E-state index contributed by atoms with van der Waals surface area (Å²) in [5, 5.41) is 17.1. The predicted octanol–water partition coefficient (Wildman–Crippen LogP) is 3.93. The Balaban J connectivity index is 1.83. The van der Waals surface area contributed by atoms with Crippen LogP contribution in [0.5, 0.6) is 0 Å². The normalized spacial score (nSPS) is 11.8. The minimum absolute atomic E-state index is 0.398. The van der Waals surface area contributed by atoms with Crippen molar-refractivity contribution in [3.05, 3.63) is 57.8 Å². The van der Waals surface area contributed by atoms with Gasteiger partial charge < -0.3 is 4.42 Å². The molecule has 7 nitrogen and oxygen atoms in total. The van der Waals surface area contributed by atoms with Gasteiger partial charge in [-0.15, -0.1) is 5.10 Å². The number of hydrogen-bond donors (Lipinski definition) is 1. The number of para-hydroxylation sites is 1. The van der Waals surface area contributed by atoms with E-state index in [1.165, 1.54) is 0 Å². The average Bonchev–Trinajstić information content (AvgIpc) is 3.28. The monoisotopic (exact) mass is 366 g/mol. The first-order valence-corrected chi connectivity index (χ1v) is 8.75. The molecule has 26 heavy (non-hydrogen) atoms. The van der Waals surface area contributed by atoms with Crippen molar-refractivity contribution in [2.45, 2.75) is 27.2 Å². The number of furan rings is 1. The number of H-pyrrole nitrogens is 1. The molecule has 0 fully saturated rings. The van der Waals surface area contributed by atoms with E-state index >= 15 is 0 Å². The number of nitrogens with zero attached hydrogens (tertiary/aromatic N) is 5. The molecule has 4 rings (SSSR count). The van der Waals surface area contributed by atoms with Crippen molar-refractivity contribution >= 4 is 29.4 Å². The molecule has 0 saturated heterocycles. The molecule has 0 amide bonds. The first kappa shape index (κ1) is 16.5. The van der Waals surface area contributed by atoms with Crippen molar-refractivity contribution in [3.63, 3.8) is 0 Å². The van der Waals surface area contributed by atoms with Crippen LogP contribution in [0.2, 0.25) is 0 Å². The molecule has 8 heteroatoms. The van der Waals surface area contributed by atoms with Crippen LogP contribution in [0.15, 0.2) is 39.9 Å². The van der Waals surface area contributed by atoms with Gasteiger partial charge in [-0.05, 0) is 38.2 Å². The van der Waals surface area contributed by atoms with E-state index in [1.807, 2.05) is 44.2 Å². The summed E-state index contributed by atoms with van der Waals surface area (Å²) in [7, 11) is 0. The van der Waals surface area contributed by atoms with Crippen LogP contribution in [0.4, 0.5) is 0 Å². The highest BCUT2D eigenvalue weighted by Crippen LogP contribution is 2.25. The number of aromatic nitrogens is 5. The third-order valence-electron chi connectivity index (χ3n) is 4.17. The van der Waals surface area contributed by atoms with Gasteiger partial charge in [0.05, 0.1) is 11.9 Å². The third-order valence-corrected chi connectivity index (χ3v) is 4.43. The Morgan fingerprint density at radius 1 is 1.31 bits per heavy atom. The van der Waals surface area contributed by atoms with Crippen LogP contribution in [0.3, 0.4) is 0 Å². The SMILES string of the molecule is CCc1oc2ccccc2c1/C=N\n1c(-n2nc(C)cc2C)n[nH]c1=S. The molecule has 0 unspecified atom stereocenters. The highest BCUT2D eigenvalue weighted by atomic mass is 32.1. The summed E-state index contributed by atoms with van der Waals surface area (Å²) >= 11 is 5.34. The van der Waals surface area contributed by atoms with Gasteiger partial charge in [-0.25, -0.2) is 9.78 Å². The lowest BCUT2D eigenvalue weighted by Crippen LogP contribution is -2.07. The van der Waals surface area contributed by atoms with Crippen LogP contribution >= 0.6 is 12.2 Å². The second-order valence-electron chi connectivity index (χ2n) is 6.01. The number of benzene rings is 1. The first-order valence-electron chi connectivity index (χ1n) is 8.34. The number of fused-ring (bicyclic) bond motifs is 1. The zero-order valence-electron chi connectivity index (χ0n) is 14.7.